The van der Waals surface area contributed by atoms with Gasteiger partial charge < -0.3 is 21.1 Å². The van der Waals surface area contributed by atoms with Gasteiger partial charge in [-0.05, 0) is 48.7 Å². The number of halogens is 1. The van der Waals surface area contributed by atoms with Crippen molar-refractivity contribution >= 4 is 23.6 Å². The van der Waals surface area contributed by atoms with E-state index in [1.807, 2.05) is 0 Å². The number of carboxylic acid groups (broad SMARTS) is 1. The van der Waals surface area contributed by atoms with Crippen molar-refractivity contribution < 1.29 is 23.9 Å². The van der Waals surface area contributed by atoms with Crippen LogP contribution >= 0.6 is 0 Å². The van der Waals surface area contributed by atoms with Crippen LogP contribution < -0.4 is 16.0 Å². The van der Waals surface area contributed by atoms with Crippen molar-refractivity contribution in [3.8, 4) is 0 Å². The van der Waals surface area contributed by atoms with Crippen molar-refractivity contribution in [1.29, 1.82) is 0 Å². The van der Waals surface area contributed by atoms with Gasteiger partial charge in [0, 0.05) is 17.3 Å². The van der Waals surface area contributed by atoms with Crippen LogP contribution in [0.5, 0.6) is 0 Å². The van der Waals surface area contributed by atoms with Gasteiger partial charge >= 0.3 is 12.0 Å². The molecule has 7 nitrogen and oxygen atoms in total. The average molecular weight is 385 g/mol. The molecule has 0 spiro atoms. The molecule has 1 fully saturated rings. The minimum atomic E-state index is -1.10. The highest BCUT2D eigenvalue weighted by Crippen LogP contribution is 2.20. The summed E-state index contributed by atoms with van der Waals surface area (Å²) in [7, 11) is 0. The first-order valence-electron chi connectivity index (χ1n) is 8.86. The lowest BCUT2D eigenvalue weighted by Gasteiger charge is -2.18. The molecule has 0 heterocycles. The van der Waals surface area contributed by atoms with Gasteiger partial charge in [-0.2, -0.15) is 0 Å². The lowest BCUT2D eigenvalue weighted by atomic mass is 10.0. The molecular formula is C20H20FN3O4. The topological polar surface area (TPSA) is 108 Å². The number of anilines is 1. The van der Waals surface area contributed by atoms with E-state index in [-0.39, 0.29) is 24.1 Å². The molecule has 1 unspecified atom stereocenters. The molecule has 3 amide bonds. The van der Waals surface area contributed by atoms with Gasteiger partial charge in [0.2, 0.25) is 0 Å². The minimum absolute atomic E-state index is 0.207. The van der Waals surface area contributed by atoms with Crippen molar-refractivity contribution in [2.45, 2.75) is 31.3 Å². The van der Waals surface area contributed by atoms with Crippen LogP contribution in [0.4, 0.5) is 14.9 Å². The van der Waals surface area contributed by atoms with Crippen LogP contribution in [0, 0.1) is 5.82 Å². The Labute approximate surface area is 160 Å². The number of carbonyl (C=O) groups is 3. The maximum Gasteiger partial charge on any atom is 0.319 e. The fraction of sp³-hybridized carbons (Fsp3) is 0.250. The average Bonchev–Trinajstić information content (AvgIpc) is 3.45. The van der Waals surface area contributed by atoms with E-state index in [1.165, 1.54) is 30.3 Å². The van der Waals surface area contributed by atoms with Crippen LogP contribution in [0.25, 0.3) is 0 Å². The fourth-order valence-corrected chi connectivity index (χ4v) is 2.68. The van der Waals surface area contributed by atoms with Crippen LogP contribution in [0.2, 0.25) is 0 Å². The van der Waals surface area contributed by atoms with Gasteiger partial charge in [0.1, 0.15) is 5.82 Å². The highest BCUT2D eigenvalue weighted by molar-refractivity contribution is 5.97. The molecule has 8 heteroatoms. The highest BCUT2D eigenvalue weighted by Gasteiger charge is 2.23. The number of carboxylic acids is 1. The predicted octanol–water partition coefficient (Wildman–Crippen LogP) is 3.06. The highest BCUT2D eigenvalue weighted by atomic mass is 19.1. The summed E-state index contributed by atoms with van der Waals surface area (Å²) in [5, 5.41) is 17.2. The summed E-state index contributed by atoms with van der Waals surface area (Å²) in [5.74, 6) is -2.05. The van der Waals surface area contributed by atoms with Crippen molar-refractivity contribution in [2.75, 3.05) is 5.32 Å². The number of hydrogen-bond acceptors (Lipinski definition) is 3. The molecule has 28 heavy (non-hydrogen) atoms. The molecule has 1 aliphatic rings. The SMILES string of the molecule is O=C(O)CC(NC(=O)c1cccc(NC(=O)NC2CC2)c1)c1ccc(F)cc1. The van der Waals surface area contributed by atoms with E-state index in [0.29, 0.717) is 11.3 Å². The van der Waals surface area contributed by atoms with E-state index in [9.17, 15) is 18.8 Å². The molecule has 2 aromatic rings. The number of carbonyl (C=O) groups excluding carboxylic acids is 2. The van der Waals surface area contributed by atoms with Crippen LogP contribution in [0.1, 0.15) is 41.2 Å². The number of benzene rings is 2. The molecule has 1 saturated carbocycles. The van der Waals surface area contributed by atoms with Gasteiger partial charge in [0.15, 0.2) is 0 Å². The van der Waals surface area contributed by atoms with Crippen LogP contribution in [0.15, 0.2) is 48.5 Å². The molecule has 0 aromatic heterocycles. The predicted molar refractivity (Wildman–Crippen MR) is 100 cm³/mol. The third kappa shape index (κ3) is 5.54. The Bertz CT molecular complexity index is 881. The zero-order valence-electron chi connectivity index (χ0n) is 14.9. The summed E-state index contributed by atoms with van der Waals surface area (Å²) in [6.07, 6.45) is 1.58. The van der Waals surface area contributed by atoms with E-state index >= 15 is 0 Å². The number of urea groups is 1. The smallest absolute Gasteiger partial charge is 0.319 e. The molecule has 2 aromatic carbocycles. The van der Waals surface area contributed by atoms with Crippen LogP contribution in [0.3, 0.4) is 0 Å². The van der Waals surface area contributed by atoms with E-state index in [1.54, 1.807) is 18.2 Å². The summed E-state index contributed by atoms with van der Waals surface area (Å²) in [6.45, 7) is 0. The second-order valence-electron chi connectivity index (χ2n) is 6.63. The van der Waals surface area contributed by atoms with E-state index in [0.717, 1.165) is 12.8 Å². The molecular weight excluding hydrogens is 365 g/mol. The fourth-order valence-electron chi connectivity index (χ4n) is 2.68. The van der Waals surface area contributed by atoms with Gasteiger partial charge in [0.05, 0.1) is 12.5 Å². The Morgan fingerprint density at radius 1 is 1.11 bits per heavy atom. The van der Waals surface area contributed by atoms with Crippen molar-refractivity contribution in [1.82, 2.24) is 10.6 Å². The first-order valence-corrected chi connectivity index (χ1v) is 8.86. The summed E-state index contributed by atoms with van der Waals surface area (Å²) >= 11 is 0. The van der Waals surface area contributed by atoms with Crippen molar-refractivity contribution in [3.05, 3.63) is 65.5 Å². The molecule has 146 valence electrons. The first kappa shape index (κ1) is 19.3. The van der Waals surface area contributed by atoms with Gasteiger partial charge in [-0.15, -0.1) is 0 Å². The van der Waals surface area contributed by atoms with Crippen molar-refractivity contribution in [2.24, 2.45) is 0 Å². The molecule has 0 radical (unpaired) electrons. The maximum absolute atomic E-state index is 13.1. The molecule has 0 bridgehead atoms. The lowest BCUT2D eigenvalue weighted by molar-refractivity contribution is -0.137. The normalized spacial score (nSPS) is 14.0. The number of amides is 3. The number of hydrogen-bond donors (Lipinski definition) is 4. The Hall–Kier alpha value is -3.42. The lowest BCUT2D eigenvalue weighted by Crippen LogP contribution is -2.31. The zero-order chi connectivity index (χ0) is 20.1. The molecule has 1 aliphatic carbocycles. The first-order chi connectivity index (χ1) is 13.4. The molecule has 0 aliphatic heterocycles. The molecule has 0 saturated heterocycles. The monoisotopic (exact) mass is 385 g/mol. The van der Waals surface area contributed by atoms with Crippen LogP contribution in [-0.2, 0) is 4.79 Å². The zero-order valence-corrected chi connectivity index (χ0v) is 14.9. The van der Waals surface area contributed by atoms with Gasteiger partial charge in [-0.1, -0.05) is 18.2 Å². The number of nitrogens with one attached hydrogen (secondary N) is 3. The number of aliphatic carboxylic acids is 1. The largest absolute Gasteiger partial charge is 0.481 e. The molecule has 4 N–H and O–H groups in total. The van der Waals surface area contributed by atoms with Gasteiger partial charge in [-0.25, -0.2) is 9.18 Å². The van der Waals surface area contributed by atoms with Crippen molar-refractivity contribution in [3.63, 3.8) is 0 Å². The number of rotatable bonds is 7. The Morgan fingerprint density at radius 3 is 2.46 bits per heavy atom. The molecule has 1 atom stereocenters. The van der Waals surface area contributed by atoms with Crippen LogP contribution in [-0.4, -0.2) is 29.1 Å². The third-order valence-corrected chi connectivity index (χ3v) is 4.25. The summed E-state index contributed by atoms with van der Waals surface area (Å²) in [5.41, 5.74) is 1.19. The standard InChI is InChI=1S/C20H20FN3O4/c21-14-6-4-12(5-7-14)17(11-18(25)26)24-19(27)13-2-1-3-16(10-13)23-20(28)22-15-8-9-15/h1-7,10,15,17H,8-9,11H2,(H,24,27)(H,25,26)(H2,22,23,28). The summed E-state index contributed by atoms with van der Waals surface area (Å²) in [4.78, 5) is 35.6. The Morgan fingerprint density at radius 2 is 1.82 bits per heavy atom. The Balaban J connectivity index is 1.70. The van der Waals surface area contributed by atoms with E-state index in [2.05, 4.69) is 16.0 Å². The quantitative estimate of drug-likeness (QED) is 0.587. The summed E-state index contributed by atoms with van der Waals surface area (Å²) in [6, 6.07) is 10.7. The third-order valence-electron chi connectivity index (χ3n) is 4.25. The van der Waals surface area contributed by atoms with Gasteiger partial charge in [0.25, 0.3) is 5.91 Å². The Kier molecular flexibility index (Phi) is 5.88. The van der Waals surface area contributed by atoms with Gasteiger partial charge in [-0.3, -0.25) is 9.59 Å². The van der Waals surface area contributed by atoms with E-state index in [4.69, 9.17) is 5.11 Å². The summed E-state index contributed by atoms with van der Waals surface area (Å²) < 4.78 is 13.1. The molecule has 3 rings (SSSR count). The second kappa shape index (κ2) is 8.51. The minimum Gasteiger partial charge on any atom is -0.481 e. The second-order valence-corrected chi connectivity index (χ2v) is 6.63. The maximum atomic E-state index is 13.1. The van der Waals surface area contributed by atoms with E-state index < -0.39 is 23.7 Å².